The second-order valence-corrected chi connectivity index (χ2v) is 8.81. The Hall–Kier alpha value is -3.23. The molecule has 1 aliphatic heterocycles. The molecule has 1 fully saturated rings. The van der Waals surface area contributed by atoms with Gasteiger partial charge in [0.05, 0.1) is 12.2 Å². The maximum Gasteiger partial charge on any atom is 0.267 e. The number of ether oxygens (including phenoxy) is 1. The number of rotatable bonds is 7. The predicted octanol–water partition coefficient (Wildman–Crippen LogP) is 4.59. The molecule has 0 spiro atoms. The molecule has 0 radical (unpaired) electrons. The number of nitrogens with one attached hydrogen (secondary N) is 1. The first-order valence-corrected chi connectivity index (χ1v) is 11.2. The Morgan fingerprint density at radius 1 is 1.09 bits per heavy atom. The van der Waals surface area contributed by atoms with Crippen LogP contribution in [0.3, 0.4) is 0 Å². The van der Waals surface area contributed by atoms with Crippen LogP contribution in [0.4, 0.5) is 5.69 Å². The van der Waals surface area contributed by atoms with Crippen molar-refractivity contribution in [3.8, 4) is 5.75 Å². The molecule has 7 nitrogen and oxygen atoms in total. The Morgan fingerprint density at radius 3 is 2.41 bits per heavy atom. The zero-order valence-electron chi connectivity index (χ0n) is 17.3. The van der Waals surface area contributed by atoms with Gasteiger partial charge < -0.3 is 10.1 Å². The quantitative estimate of drug-likeness (QED) is 0.511. The highest BCUT2D eigenvalue weighted by molar-refractivity contribution is 7.13. The van der Waals surface area contributed by atoms with Crippen LogP contribution in [-0.4, -0.2) is 27.6 Å². The molecule has 32 heavy (non-hydrogen) atoms. The highest BCUT2D eigenvalue weighted by Crippen LogP contribution is 2.23. The van der Waals surface area contributed by atoms with E-state index >= 15 is 0 Å². The molecule has 4 rings (SSSR count). The highest BCUT2D eigenvalue weighted by Gasteiger charge is 2.28. The van der Waals surface area contributed by atoms with Gasteiger partial charge in [0.1, 0.15) is 22.2 Å². The zero-order valence-corrected chi connectivity index (χ0v) is 18.8. The summed E-state index contributed by atoms with van der Waals surface area (Å²) in [5, 5.41) is 4.18. The van der Waals surface area contributed by atoms with Gasteiger partial charge in [0, 0.05) is 23.6 Å². The number of likely N-dealkylation sites (tertiary alicyclic amines) is 1. The van der Waals surface area contributed by atoms with Crippen LogP contribution in [0.25, 0.3) is 0 Å². The van der Waals surface area contributed by atoms with Gasteiger partial charge in [0.15, 0.2) is 0 Å². The summed E-state index contributed by atoms with van der Waals surface area (Å²) in [6.07, 6.45) is 0.543. The number of aryl methyl sites for hydroxylation is 1. The SMILES string of the molecule is Cc1nc(COc2ccc(Cl)cc2)sc1C(=O)Nc1ccc(CN2C(=O)CCC2=O)cc1. The number of nitrogens with zero attached hydrogens (tertiary/aromatic N) is 2. The number of anilines is 1. The van der Waals surface area contributed by atoms with E-state index in [1.54, 1.807) is 55.5 Å². The van der Waals surface area contributed by atoms with Gasteiger partial charge in [0.25, 0.3) is 5.91 Å². The molecule has 0 saturated carbocycles. The van der Waals surface area contributed by atoms with Gasteiger partial charge in [-0.3, -0.25) is 19.3 Å². The average Bonchev–Trinajstić information content (AvgIpc) is 3.31. The lowest BCUT2D eigenvalue weighted by atomic mass is 10.2. The monoisotopic (exact) mass is 469 g/mol. The minimum absolute atomic E-state index is 0.149. The van der Waals surface area contributed by atoms with Crippen LogP contribution < -0.4 is 10.1 Å². The summed E-state index contributed by atoms with van der Waals surface area (Å²) < 4.78 is 5.70. The Balaban J connectivity index is 1.35. The van der Waals surface area contributed by atoms with Crippen molar-refractivity contribution in [3.05, 3.63) is 74.7 Å². The first kappa shape index (κ1) is 22.0. The second-order valence-electron chi connectivity index (χ2n) is 7.29. The minimum Gasteiger partial charge on any atom is -0.486 e. The van der Waals surface area contributed by atoms with Gasteiger partial charge >= 0.3 is 0 Å². The van der Waals surface area contributed by atoms with Gasteiger partial charge in [-0.2, -0.15) is 0 Å². The molecule has 1 aliphatic rings. The minimum atomic E-state index is -0.254. The van der Waals surface area contributed by atoms with E-state index in [0.29, 0.717) is 32.0 Å². The third-order valence-corrected chi connectivity index (χ3v) is 6.31. The van der Waals surface area contributed by atoms with E-state index in [2.05, 4.69) is 10.3 Å². The molecule has 164 valence electrons. The topological polar surface area (TPSA) is 88.6 Å². The van der Waals surface area contributed by atoms with E-state index in [9.17, 15) is 14.4 Å². The van der Waals surface area contributed by atoms with Crippen molar-refractivity contribution in [3.63, 3.8) is 0 Å². The zero-order chi connectivity index (χ0) is 22.7. The number of benzene rings is 2. The number of carbonyl (C=O) groups is 3. The summed E-state index contributed by atoms with van der Waals surface area (Å²) >= 11 is 7.15. The molecule has 2 heterocycles. The summed E-state index contributed by atoms with van der Waals surface area (Å²) in [4.78, 5) is 42.4. The van der Waals surface area contributed by atoms with E-state index in [0.717, 1.165) is 5.56 Å². The van der Waals surface area contributed by atoms with E-state index in [1.165, 1.54) is 16.2 Å². The molecule has 3 aromatic rings. The Labute approximate surface area is 194 Å². The Kier molecular flexibility index (Phi) is 6.53. The fraction of sp³-hybridized carbons (Fsp3) is 0.217. The highest BCUT2D eigenvalue weighted by atomic mass is 35.5. The molecular formula is C23H20ClN3O4S. The fourth-order valence-corrected chi connectivity index (χ4v) is 4.26. The number of halogens is 1. The third kappa shape index (κ3) is 5.15. The van der Waals surface area contributed by atoms with E-state index in [4.69, 9.17) is 16.3 Å². The van der Waals surface area contributed by atoms with Crippen molar-refractivity contribution in [1.29, 1.82) is 0 Å². The van der Waals surface area contributed by atoms with Crippen molar-refractivity contribution in [2.45, 2.75) is 32.9 Å². The fourth-order valence-electron chi connectivity index (χ4n) is 3.26. The van der Waals surface area contributed by atoms with Gasteiger partial charge in [-0.15, -0.1) is 11.3 Å². The molecule has 1 saturated heterocycles. The maximum absolute atomic E-state index is 12.7. The Morgan fingerprint density at radius 2 is 1.75 bits per heavy atom. The van der Waals surface area contributed by atoms with Crippen LogP contribution in [-0.2, 0) is 22.7 Å². The molecule has 3 amide bonds. The normalized spacial score (nSPS) is 13.5. The van der Waals surface area contributed by atoms with E-state index in [1.807, 2.05) is 0 Å². The number of amides is 3. The summed E-state index contributed by atoms with van der Waals surface area (Å²) in [5.41, 5.74) is 2.07. The van der Waals surface area contributed by atoms with Crippen LogP contribution in [0.1, 0.15) is 38.8 Å². The van der Waals surface area contributed by atoms with E-state index < -0.39 is 0 Å². The lowest BCUT2D eigenvalue weighted by Gasteiger charge is -2.14. The average molecular weight is 470 g/mol. The van der Waals surface area contributed by atoms with Crippen LogP contribution >= 0.6 is 22.9 Å². The molecule has 0 atom stereocenters. The largest absolute Gasteiger partial charge is 0.486 e. The molecule has 0 aliphatic carbocycles. The number of hydrogen-bond donors (Lipinski definition) is 1. The number of imide groups is 1. The maximum atomic E-state index is 12.7. The summed E-state index contributed by atoms with van der Waals surface area (Å²) in [6.45, 7) is 2.28. The van der Waals surface area contributed by atoms with Crippen molar-refractivity contribution in [2.24, 2.45) is 0 Å². The summed E-state index contributed by atoms with van der Waals surface area (Å²) in [6, 6.07) is 14.1. The summed E-state index contributed by atoms with van der Waals surface area (Å²) in [7, 11) is 0. The third-order valence-electron chi connectivity index (χ3n) is 4.93. The molecule has 2 aromatic carbocycles. The van der Waals surface area contributed by atoms with Crippen molar-refractivity contribution in [1.82, 2.24) is 9.88 Å². The van der Waals surface area contributed by atoms with Crippen molar-refractivity contribution < 1.29 is 19.1 Å². The van der Waals surface area contributed by atoms with Crippen molar-refractivity contribution >= 4 is 46.3 Å². The van der Waals surface area contributed by atoms with Crippen LogP contribution in [0.2, 0.25) is 5.02 Å². The molecular weight excluding hydrogens is 450 g/mol. The molecule has 9 heteroatoms. The number of hydrogen-bond acceptors (Lipinski definition) is 6. The number of carbonyl (C=O) groups excluding carboxylic acids is 3. The summed E-state index contributed by atoms with van der Waals surface area (Å²) in [5.74, 6) is 0.119. The molecule has 0 unspecified atom stereocenters. The van der Waals surface area contributed by atoms with Gasteiger partial charge in [0.2, 0.25) is 11.8 Å². The number of aromatic nitrogens is 1. The lowest BCUT2D eigenvalue weighted by molar-refractivity contribution is -0.139. The van der Waals surface area contributed by atoms with Crippen molar-refractivity contribution in [2.75, 3.05) is 5.32 Å². The Bertz CT molecular complexity index is 1140. The molecule has 1 aromatic heterocycles. The molecule has 0 bridgehead atoms. The first-order valence-electron chi connectivity index (χ1n) is 9.97. The van der Waals surface area contributed by atoms with Gasteiger partial charge in [-0.25, -0.2) is 4.98 Å². The number of thiazole rings is 1. The lowest BCUT2D eigenvalue weighted by Crippen LogP contribution is -2.28. The first-order chi connectivity index (χ1) is 15.4. The standard InChI is InChI=1S/C23H20ClN3O4S/c1-14-22(32-19(25-14)13-31-18-8-4-16(24)5-9-18)23(30)26-17-6-2-15(3-7-17)12-27-20(28)10-11-21(27)29/h2-9H,10-13H2,1H3,(H,26,30). The van der Waals surface area contributed by atoms with Gasteiger partial charge in [-0.1, -0.05) is 23.7 Å². The molecule has 1 N–H and O–H groups in total. The predicted molar refractivity (Wildman–Crippen MR) is 122 cm³/mol. The van der Waals surface area contributed by atoms with Crippen LogP contribution in [0.15, 0.2) is 48.5 Å². The second kappa shape index (κ2) is 9.50. The van der Waals surface area contributed by atoms with E-state index in [-0.39, 0.29) is 43.7 Å². The van der Waals surface area contributed by atoms with Crippen LogP contribution in [0.5, 0.6) is 5.75 Å². The van der Waals surface area contributed by atoms with Gasteiger partial charge in [-0.05, 0) is 48.9 Å². The smallest absolute Gasteiger partial charge is 0.267 e. The van der Waals surface area contributed by atoms with Crippen LogP contribution in [0, 0.1) is 6.92 Å².